The molecule has 1 aliphatic carbocycles. The van der Waals surface area contributed by atoms with Gasteiger partial charge in [0.1, 0.15) is 5.54 Å². The minimum atomic E-state index is -0.723. The Labute approximate surface area is 126 Å². The summed E-state index contributed by atoms with van der Waals surface area (Å²) in [4.78, 5) is 16.2. The number of aliphatic carboxylic acids is 1. The van der Waals surface area contributed by atoms with E-state index in [0.29, 0.717) is 0 Å². The number of carboxylic acid groups (broad SMARTS) is 1. The zero-order valence-corrected chi connectivity index (χ0v) is 13.4. The molecule has 2 unspecified atom stereocenters. The molecule has 2 N–H and O–H groups in total. The Kier molecular flexibility index (Phi) is 5.04. The third-order valence-electron chi connectivity index (χ3n) is 4.96. The number of aromatic nitrogens is 2. The maximum Gasteiger partial charge on any atom is 0.324 e. The van der Waals surface area contributed by atoms with E-state index in [1.165, 1.54) is 5.69 Å². The van der Waals surface area contributed by atoms with Gasteiger partial charge in [0.15, 0.2) is 0 Å². The van der Waals surface area contributed by atoms with Crippen LogP contribution in [0.15, 0.2) is 6.33 Å². The normalized spacial score (nSPS) is 25.4. The maximum absolute atomic E-state index is 11.8. The maximum atomic E-state index is 11.8. The molecule has 2 atom stereocenters. The van der Waals surface area contributed by atoms with E-state index in [0.717, 1.165) is 50.9 Å². The van der Waals surface area contributed by atoms with Gasteiger partial charge in [0.25, 0.3) is 0 Å². The van der Waals surface area contributed by atoms with E-state index in [9.17, 15) is 9.90 Å². The van der Waals surface area contributed by atoms with Crippen LogP contribution >= 0.6 is 0 Å². The molecule has 5 nitrogen and oxygen atoms in total. The van der Waals surface area contributed by atoms with Crippen molar-refractivity contribution >= 4 is 5.97 Å². The number of carbonyl (C=O) groups is 1. The molecule has 1 aromatic heterocycles. The Bertz CT molecular complexity index is 498. The highest BCUT2D eigenvalue weighted by atomic mass is 16.4. The first kappa shape index (κ1) is 16.0. The number of aryl methyl sites for hydroxylation is 2. The SMILES string of the molecule is CCCNC1(C(=O)O)CCCC1CCn1cnc(C)c1C. The molecule has 1 aliphatic rings. The summed E-state index contributed by atoms with van der Waals surface area (Å²) in [6.07, 6.45) is 6.45. The molecule has 0 amide bonds. The van der Waals surface area contributed by atoms with Gasteiger partial charge in [-0.3, -0.25) is 4.79 Å². The van der Waals surface area contributed by atoms with Crippen molar-refractivity contribution in [2.75, 3.05) is 6.54 Å². The number of rotatable bonds is 7. The lowest BCUT2D eigenvalue weighted by molar-refractivity contribution is -0.146. The number of hydrogen-bond donors (Lipinski definition) is 2. The topological polar surface area (TPSA) is 67.2 Å². The van der Waals surface area contributed by atoms with E-state index in [2.05, 4.69) is 28.7 Å². The Balaban J connectivity index is 2.06. The van der Waals surface area contributed by atoms with Crippen LogP contribution in [-0.2, 0) is 11.3 Å². The zero-order valence-electron chi connectivity index (χ0n) is 13.4. The van der Waals surface area contributed by atoms with Gasteiger partial charge < -0.3 is 15.0 Å². The fourth-order valence-corrected chi connectivity index (χ4v) is 3.47. The fourth-order valence-electron chi connectivity index (χ4n) is 3.47. The van der Waals surface area contributed by atoms with Gasteiger partial charge in [0.05, 0.1) is 12.0 Å². The second-order valence-electron chi connectivity index (χ2n) is 6.19. The van der Waals surface area contributed by atoms with Gasteiger partial charge in [0, 0.05) is 12.2 Å². The third-order valence-corrected chi connectivity index (χ3v) is 4.96. The zero-order chi connectivity index (χ0) is 15.5. The lowest BCUT2D eigenvalue weighted by Crippen LogP contribution is -2.55. The summed E-state index contributed by atoms with van der Waals surface area (Å²) >= 11 is 0. The Morgan fingerprint density at radius 3 is 2.90 bits per heavy atom. The monoisotopic (exact) mass is 293 g/mol. The Morgan fingerprint density at radius 1 is 1.57 bits per heavy atom. The molecular weight excluding hydrogens is 266 g/mol. The average Bonchev–Trinajstić information content (AvgIpc) is 3.01. The summed E-state index contributed by atoms with van der Waals surface area (Å²) in [5.41, 5.74) is 1.50. The first-order chi connectivity index (χ1) is 10.0. The van der Waals surface area contributed by atoms with Gasteiger partial charge in [-0.05, 0) is 52.0 Å². The molecule has 1 aromatic rings. The van der Waals surface area contributed by atoms with Crippen LogP contribution < -0.4 is 5.32 Å². The number of carboxylic acids is 1. The van der Waals surface area contributed by atoms with E-state index in [1.54, 1.807) is 0 Å². The van der Waals surface area contributed by atoms with Crippen LogP contribution in [0.4, 0.5) is 0 Å². The highest BCUT2D eigenvalue weighted by Crippen LogP contribution is 2.38. The molecule has 0 aliphatic heterocycles. The number of nitrogens with zero attached hydrogens (tertiary/aromatic N) is 2. The first-order valence-electron chi connectivity index (χ1n) is 7.98. The lowest BCUT2D eigenvalue weighted by Gasteiger charge is -2.32. The molecule has 0 radical (unpaired) electrons. The van der Waals surface area contributed by atoms with Crippen LogP contribution in [0.3, 0.4) is 0 Å². The van der Waals surface area contributed by atoms with E-state index < -0.39 is 11.5 Å². The van der Waals surface area contributed by atoms with Gasteiger partial charge in [-0.15, -0.1) is 0 Å². The average molecular weight is 293 g/mol. The third kappa shape index (κ3) is 3.12. The van der Waals surface area contributed by atoms with Gasteiger partial charge in [-0.2, -0.15) is 0 Å². The van der Waals surface area contributed by atoms with Gasteiger partial charge >= 0.3 is 5.97 Å². The van der Waals surface area contributed by atoms with Crippen molar-refractivity contribution in [2.45, 2.75) is 65.0 Å². The van der Waals surface area contributed by atoms with Crippen molar-refractivity contribution in [2.24, 2.45) is 5.92 Å². The molecule has 2 rings (SSSR count). The van der Waals surface area contributed by atoms with Crippen molar-refractivity contribution < 1.29 is 9.90 Å². The van der Waals surface area contributed by atoms with Crippen molar-refractivity contribution in [3.05, 3.63) is 17.7 Å². The van der Waals surface area contributed by atoms with Gasteiger partial charge in [-0.1, -0.05) is 13.3 Å². The van der Waals surface area contributed by atoms with E-state index in [1.807, 2.05) is 13.3 Å². The summed E-state index contributed by atoms with van der Waals surface area (Å²) in [6, 6.07) is 0. The fraction of sp³-hybridized carbons (Fsp3) is 0.750. The van der Waals surface area contributed by atoms with Gasteiger partial charge in [0.2, 0.25) is 0 Å². The molecule has 118 valence electrons. The van der Waals surface area contributed by atoms with Crippen molar-refractivity contribution in [3.63, 3.8) is 0 Å². The molecular formula is C16H27N3O2. The highest BCUT2D eigenvalue weighted by molar-refractivity contribution is 5.79. The second kappa shape index (κ2) is 6.60. The molecule has 21 heavy (non-hydrogen) atoms. The van der Waals surface area contributed by atoms with Crippen LogP contribution in [0.25, 0.3) is 0 Å². The standard InChI is InChI=1S/C16H27N3O2/c1-4-9-18-16(15(20)21)8-5-6-14(16)7-10-19-11-17-12(2)13(19)3/h11,14,18H,4-10H2,1-3H3,(H,20,21). The highest BCUT2D eigenvalue weighted by Gasteiger charge is 2.48. The summed E-state index contributed by atoms with van der Waals surface area (Å²) < 4.78 is 2.14. The lowest BCUT2D eigenvalue weighted by atomic mass is 9.84. The molecule has 5 heteroatoms. The van der Waals surface area contributed by atoms with Crippen molar-refractivity contribution in [1.82, 2.24) is 14.9 Å². The van der Waals surface area contributed by atoms with Gasteiger partial charge in [-0.25, -0.2) is 4.98 Å². The largest absolute Gasteiger partial charge is 0.480 e. The predicted molar refractivity (Wildman–Crippen MR) is 82.3 cm³/mol. The predicted octanol–water partition coefficient (Wildman–Crippen LogP) is 2.51. The van der Waals surface area contributed by atoms with Crippen LogP contribution in [0.2, 0.25) is 0 Å². The number of nitrogens with one attached hydrogen (secondary N) is 1. The van der Waals surface area contributed by atoms with Crippen molar-refractivity contribution in [3.8, 4) is 0 Å². The quantitative estimate of drug-likeness (QED) is 0.810. The molecule has 1 heterocycles. The summed E-state index contributed by atoms with van der Waals surface area (Å²) in [7, 11) is 0. The van der Waals surface area contributed by atoms with E-state index >= 15 is 0 Å². The Morgan fingerprint density at radius 2 is 2.33 bits per heavy atom. The first-order valence-corrected chi connectivity index (χ1v) is 7.98. The minimum Gasteiger partial charge on any atom is -0.480 e. The van der Waals surface area contributed by atoms with E-state index in [-0.39, 0.29) is 5.92 Å². The van der Waals surface area contributed by atoms with Crippen LogP contribution in [0.1, 0.15) is 50.4 Å². The second-order valence-corrected chi connectivity index (χ2v) is 6.19. The smallest absolute Gasteiger partial charge is 0.324 e. The summed E-state index contributed by atoms with van der Waals surface area (Å²) in [5.74, 6) is -0.486. The molecule has 0 saturated heterocycles. The molecule has 1 fully saturated rings. The van der Waals surface area contributed by atoms with Crippen molar-refractivity contribution in [1.29, 1.82) is 0 Å². The van der Waals surface area contributed by atoms with Crippen LogP contribution in [0, 0.1) is 19.8 Å². The molecule has 0 spiro atoms. The Hall–Kier alpha value is -1.36. The minimum absolute atomic E-state index is 0.198. The number of hydrogen-bond acceptors (Lipinski definition) is 3. The molecule has 0 bridgehead atoms. The van der Waals surface area contributed by atoms with E-state index in [4.69, 9.17) is 0 Å². The summed E-state index contributed by atoms with van der Waals surface area (Å²) in [5, 5.41) is 13.1. The molecule has 1 saturated carbocycles. The van der Waals surface area contributed by atoms with Crippen LogP contribution in [-0.4, -0.2) is 32.7 Å². The number of imidazole rings is 1. The summed E-state index contributed by atoms with van der Waals surface area (Å²) in [6.45, 7) is 7.76. The molecule has 0 aromatic carbocycles. The van der Waals surface area contributed by atoms with Crippen LogP contribution in [0.5, 0.6) is 0 Å².